The number of hydrogen-bond donors (Lipinski definition) is 1. The summed E-state index contributed by atoms with van der Waals surface area (Å²) < 4.78 is 0. The monoisotopic (exact) mass is 315 g/mol. The average molecular weight is 315 g/mol. The van der Waals surface area contributed by atoms with Crippen molar-refractivity contribution in [2.45, 2.75) is 44.7 Å². The van der Waals surface area contributed by atoms with Gasteiger partial charge in [-0.2, -0.15) is 0 Å². The standard InChI is InChI=1S/C19H29N3O/c1-14(22(3)17-8-11-21(2)12-9-17)19(23)16-6-7-18-15(13-16)5-4-10-20-18/h6-7,13-14,17,20H,4-5,8-12H2,1-3H3. The van der Waals surface area contributed by atoms with Crippen LogP contribution in [0.2, 0.25) is 0 Å². The van der Waals surface area contributed by atoms with Crippen LogP contribution >= 0.6 is 0 Å². The number of fused-ring (bicyclic) bond motifs is 1. The van der Waals surface area contributed by atoms with Crippen molar-refractivity contribution in [3.05, 3.63) is 29.3 Å². The number of rotatable bonds is 4. The van der Waals surface area contributed by atoms with Crippen LogP contribution < -0.4 is 5.32 Å². The Bertz CT molecular complexity index is 564. The van der Waals surface area contributed by atoms with Gasteiger partial charge in [0.15, 0.2) is 5.78 Å². The Kier molecular flexibility index (Phi) is 5.02. The van der Waals surface area contributed by atoms with Crippen molar-refractivity contribution in [1.82, 2.24) is 9.80 Å². The van der Waals surface area contributed by atoms with Crippen LogP contribution in [0.4, 0.5) is 5.69 Å². The van der Waals surface area contributed by atoms with Gasteiger partial charge in [0.05, 0.1) is 6.04 Å². The molecule has 1 saturated heterocycles. The minimum absolute atomic E-state index is 0.0574. The van der Waals surface area contributed by atoms with E-state index in [1.807, 2.05) is 6.07 Å². The van der Waals surface area contributed by atoms with Crippen molar-refractivity contribution in [2.24, 2.45) is 0 Å². The zero-order chi connectivity index (χ0) is 16.4. The molecule has 23 heavy (non-hydrogen) atoms. The van der Waals surface area contributed by atoms with Crippen molar-refractivity contribution in [3.63, 3.8) is 0 Å². The number of piperidine rings is 1. The lowest BCUT2D eigenvalue weighted by Crippen LogP contribution is -2.48. The van der Waals surface area contributed by atoms with E-state index >= 15 is 0 Å². The lowest BCUT2D eigenvalue weighted by atomic mass is 9.95. The summed E-state index contributed by atoms with van der Waals surface area (Å²) in [7, 11) is 4.28. The second kappa shape index (κ2) is 7.02. The fraction of sp³-hybridized carbons (Fsp3) is 0.632. The molecule has 1 unspecified atom stereocenters. The topological polar surface area (TPSA) is 35.6 Å². The second-order valence-corrected chi connectivity index (χ2v) is 7.14. The highest BCUT2D eigenvalue weighted by Gasteiger charge is 2.28. The normalized spacial score (nSPS) is 20.9. The molecule has 126 valence electrons. The summed E-state index contributed by atoms with van der Waals surface area (Å²) in [5.41, 5.74) is 3.35. The molecule has 4 nitrogen and oxygen atoms in total. The molecular weight excluding hydrogens is 286 g/mol. The van der Waals surface area contributed by atoms with Gasteiger partial charge in [0.25, 0.3) is 0 Å². The highest BCUT2D eigenvalue weighted by molar-refractivity contribution is 6.00. The van der Waals surface area contributed by atoms with E-state index in [-0.39, 0.29) is 11.8 Å². The first kappa shape index (κ1) is 16.5. The van der Waals surface area contributed by atoms with Gasteiger partial charge in [0.2, 0.25) is 0 Å². The molecule has 0 bridgehead atoms. The van der Waals surface area contributed by atoms with Crippen molar-refractivity contribution in [2.75, 3.05) is 39.0 Å². The summed E-state index contributed by atoms with van der Waals surface area (Å²) in [6.07, 6.45) is 4.52. The number of likely N-dealkylation sites (tertiary alicyclic amines) is 1. The van der Waals surface area contributed by atoms with Gasteiger partial charge in [-0.1, -0.05) is 0 Å². The minimum Gasteiger partial charge on any atom is -0.385 e. The van der Waals surface area contributed by atoms with Crippen LogP contribution in [0.15, 0.2) is 18.2 Å². The van der Waals surface area contributed by atoms with Gasteiger partial charge in [-0.3, -0.25) is 9.69 Å². The molecule has 0 radical (unpaired) electrons. The van der Waals surface area contributed by atoms with E-state index in [4.69, 9.17) is 0 Å². The number of nitrogens with one attached hydrogen (secondary N) is 1. The van der Waals surface area contributed by atoms with Gasteiger partial charge >= 0.3 is 0 Å². The van der Waals surface area contributed by atoms with E-state index in [1.165, 1.54) is 11.3 Å². The Balaban J connectivity index is 1.69. The van der Waals surface area contributed by atoms with Crippen molar-refractivity contribution in [1.29, 1.82) is 0 Å². The third-order valence-electron chi connectivity index (χ3n) is 5.58. The summed E-state index contributed by atoms with van der Waals surface area (Å²) in [4.78, 5) is 17.6. The molecule has 1 aromatic rings. The van der Waals surface area contributed by atoms with Gasteiger partial charge in [-0.25, -0.2) is 0 Å². The predicted molar refractivity (Wildman–Crippen MR) is 95.3 cm³/mol. The van der Waals surface area contributed by atoms with Crippen LogP contribution in [-0.2, 0) is 6.42 Å². The Morgan fingerprint density at radius 1 is 1.35 bits per heavy atom. The number of Topliss-reactive ketones (excluding diaryl/α,β-unsaturated/α-hetero) is 1. The van der Waals surface area contributed by atoms with E-state index in [1.54, 1.807) is 0 Å². The molecule has 1 aromatic carbocycles. The fourth-order valence-electron chi connectivity index (χ4n) is 3.77. The third kappa shape index (κ3) is 3.59. The van der Waals surface area contributed by atoms with Gasteiger partial charge in [-0.15, -0.1) is 0 Å². The molecule has 2 aliphatic rings. The number of benzene rings is 1. The fourth-order valence-corrected chi connectivity index (χ4v) is 3.77. The summed E-state index contributed by atoms with van der Waals surface area (Å²) in [5, 5.41) is 3.41. The highest BCUT2D eigenvalue weighted by atomic mass is 16.1. The number of likely N-dealkylation sites (N-methyl/N-ethyl adjacent to an activating group) is 1. The van der Waals surface area contributed by atoms with E-state index in [2.05, 4.69) is 48.3 Å². The summed E-state index contributed by atoms with van der Waals surface area (Å²) in [6, 6.07) is 6.62. The minimum atomic E-state index is -0.0574. The summed E-state index contributed by atoms with van der Waals surface area (Å²) in [6.45, 7) is 5.34. The largest absolute Gasteiger partial charge is 0.385 e. The van der Waals surface area contributed by atoms with Crippen LogP contribution in [0.5, 0.6) is 0 Å². The quantitative estimate of drug-likeness (QED) is 0.867. The van der Waals surface area contributed by atoms with Crippen LogP contribution in [0, 0.1) is 0 Å². The molecule has 1 atom stereocenters. The molecule has 0 spiro atoms. The Morgan fingerprint density at radius 2 is 2.09 bits per heavy atom. The van der Waals surface area contributed by atoms with Crippen molar-refractivity contribution < 1.29 is 4.79 Å². The maximum atomic E-state index is 12.9. The van der Waals surface area contributed by atoms with Gasteiger partial charge < -0.3 is 10.2 Å². The number of nitrogens with zero attached hydrogens (tertiary/aromatic N) is 2. The molecule has 2 aliphatic heterocycles. The molecule has 0 amide bonds. The van der Waals surface area contributed by atoms with E-state index in [9.17, 15) is 4.79 Å². The molecule has 1 fully saturated rings. The van der Waals surface area contributed by atoms with Gasteiger partial charge in [0, 0.05) is 23.8 Å². The lowest BCUT2D eigenvalue weighted by molar-refractivity contribution is 0.0731. The molecule has 4 heteroatoms. The number of carbonyl (C=O) groups is 1. The highest BCUT2D eigenvalue weighted by Crippen LogP contribution is 2.25. The maximum absolute atomic E-state index is 12.9. The van der Waals surface area contributed by atoms with Crippen molar-refractivity contribution >= 4 is 11.5 Å². The molecule has 2 heterocycles. The van der Waals surface area contributed by atoms with Crippen molar-refractivity contribution in [3.8, 4) is 0 Å². The van der Waals surface area contributed by atoms with Crippen LogP contribution in [0.1, 0.15) is 42.1 Å². The summed E-state index contributed by atoms with van der Waals surface area (Å²) >= 11 is 0. The smallest absolute Gasteiger partial charge is 0.179 e. The molecule has 0 aromatic heterocycles. The van der Waals surface area contributed by atoms with Crippen LogP contribution in [-0.4, -0.2) is 61.4 Å². The molecule has 0 aliphatic carbocycles. The number of hydrogen-bond acceptors (Lipinski definition) is 4. The molecule has 1 N–H and O–H groups in total. The lowest BCUT2D eigenvalue weighted by Gasteiger charge is -2.37. The number of ketones is 1. The molecule has 3 rings (SSSR count). The zero-order valence-corrected chi connectivity index (χ0v) is 14.6. The van der Waals surface area contributed by atoms with Crippen LogP contribution in [0.3, 0.4) is 0 Å². The SMILES string of the molecule is CC(C(=O)c1ccc2c(c1)CCCN2)N(C)C1CCN(C)CC1. The average Bonchev–Trinajstić information content (AvgIpc) is 2.60. The first-order valence-electron chi connectivity index (χ1n) is 8.88. The molecular formula is C19H29N3O. The summed E-state index contributed by atoms with van der Waals surface area (Å²) in [5.74, 6) is 0.250. The first-order valence-corrected chi connectivity index (χ1v) is 8.88. The van der Waals surface area contributed by atoms with E-state index < -0.39 is 0 Å². The second-order valence-electron chi connectivity index (χ2n) is 7.14. The van der Waals surface area contributed by atoms with Gasteiger partial charge in [0.1, 0.15) is 0 Å². The first-order chi connectivity index (χ1) is 11.1. The number of anilines is 1. The van der Waals surface area contributed by atoms with Gasteiger partial charge in [-0.05, 0) is 83.6 Å². The Morgan fingerprint density at radius 3 is 2.83 bits per heavy atom. The Labute approximate surface area is 139 Å². The van der Waals surface area contributed by atoms with Crippen LogP contribution in [0.25, 0.3) is 0 Å². The van der Waals surface area contributed by atoms with E-state index in [0.29, 0.717) is 6.04 Å². The molecule has 0 saturated carbocycles. The zero-order valence-electron chi connectivity index (χ0n) is 14.6. The predicted octanol–water partition coefficient (Wildman–Crippen LogP) is 2.64. The van der Waals surface area contributed by atoms with E-state index in [0.717, 1.165) is 50.9 Å². The number of aryl methyl sites for hydroxylation is 1. The Hall–Kier alpha value is -1.39. The maximum Gasteiger partial charge on any atom is 0.179 e. The number of carbonyl (C=O) groups excluding carboxylic acids is 1. The third-order valence-corrected chi connectivity index (χ3v) is 5.58.